The maximum atomic E-state index is 12.0. The van der Waals surface area contributed by atoms with Crippen LogP contribution < -0.4 is 10.6 Å². The number of aryl methyl sites for hydroxylation is 2. The molecule has 4 nitrogen and oxygen atoms in total. The van der Waals surface area contributed by atoms with Gasteiger partial charge in [0, 0.05) is 5.69 Å². The quantitative estimate of drug-likeness (QED) is 0.713. The van der Waals surface area contributed by atoms with Crippen LogP contribution >= 0.6 is 11.3 Å². The Balaban J connectivity index is 1.57. The normalized spacial score (nSPS) is 10.5. The van der Waals surface area contributed by atoms with Crippen LogP contribution in [0, 0.1) is 13.8 Å². The van der Waals surface area contributed by atoms with Gasteiger partial charge in [-0.1, -0.05) is 12.1 Å². The molecule has 3 aromatic rings. The number of urea groups is 1. The molecular formula is C18H18N2O2S. The fraction of sp³-hybridized carbons (Fsp3) is 0.167. The zero-order valence-electron chi connectivity index (χ0n) is 13.1. The SMILES string of the molecule is Cc1cc(C)cc(NC(=O)NCc2ccc(-c3cccs3)o2)c1. The van der Waals surface area contributed by atoms with Gasteiger partial charge in [0.1, 0.15) is 11.5 Å². The molecule has 0 bridgehead atoms. The fourth-order valence-electron chi connectivity index (χ4n) is 2.41. The maximum absolute atomic E-state index is 12.0. The predicted octanol–water partition coefficient (Wildman–Crippen LogP) is 4.95. The number of nitrogens with one attached hydrogen (secondary N) is 2. The van der Waals surface area contributed by atoms with Gasteiger partial charge in [0.15, 0.2) is 0 Å². The highest BCUT2D eigenvalue weighted by atomic mass is 32.1. The van der Waals surface area contributed by atoms with Gasteiger partial charge < -0.3 is 15.1 Å². The van der Waals surface area contributed by atoms with Crippen LogP contribution in [0.15, 0.2) is 52.3 Å². The van der Waals surface area contributed by atoms with Crippen molar-refractivity contribution in [2.24, 2.45) is 0 Å². The van der Waals surface area contributed by atoms with Crippen molar-refractivity contribution < 1.29 is 9.21 Å². The molecule has 3 rings (SSSR count). The summed E-state index contributed by atoms with van der Waals surface area (Å²) in [4.78, 5) is 13.1. The Bertz CT molecular complexity index is 786. The molecule has 1 aromatic carbocycles. The average Bonchev–Trinajstić information content (AvgIpc) is 3.15. The highest BCUT2D eigenvalue weighted by molar-refractivity contribution is 7.13. The van der Waals surface area contributed by atoms with Gasteiger partial charge in [-0.25, -0.2) is 4.79 Å². The number of hydrogen-bond acceptors (Lipinski definition) is 3. The summed E-state index contributed by atoms with van der Waals surface area (Å²) >= 11 is 1.62. The van der Waals surface area contributed by atoms with Crippen LogP contribution in [0.3, 0.4) is 0 Å². The van der Waals surface area contributed by atoms with E-state index in [2.05, 4.69) is 16.7 Å². The Hall–Kier alpha value is -2.53. The standard InChI is InChI=1S/C18H18N2O2S/c1-12-8-13(2)10-14(9-12)20-18(21)19-11-15-5-6-16(22-15)17-4-3-7-23-17/h3-10H,11H2,1-2H3,(H2,19,20,21). The van der Waals surface area contributed by atoms with Gasteiger partial charge in [-0.15, -0.1) is 11.3 Å². The molecule has 118 valence electrons. The van der Waals surface area contributed by atoms with E-state index in [0.717, 1.165) is 33.2 Å². The second-order valence-corrected chi connectivity index (χ2v) is 6.38. The number of hydrogen-bond donors (Lipinski definition) is 2. The van der Waals surface area contributed by atoms with Crippen molar-refractivity contribution in [3.8, 4) is 10.6 Å². The lowest BCUT2D eigenvalue weighted by molar-refractivity contribution is 0.251. The monoisotopic (exact) mass is 326 g/mol. The Labute approximate surface area is 139 Å². The van der Waals surface area contributed by atoms with Crippen LogP contribution in [0.1, 0.15) is 16.9 Å². The molecule has 0 fully saturated rings. The molecule has 0 atom stereocenters. The summed E-state index contributed by atoms with van der Waals surface area (Å²) in [6, 6.07) is 13.5. The number of amides is 2. The first-order chi connectivity index (χ1) is 11.1. The van der Waals surface area contributed by atoms with Crippen LogP contribution in [0.25, 0.3) is 10.6 Å². The highest BCUT2D eigenvalue weighted by Gasteiger charge is 2.07. The summed E-state index contributed by atoms with van der Waals surface area (Å²) in [7, 11) is 0. The summed E-state index contributed by atoms with van der Waals surface area (Å²) in [5.74, 6) is 1.55. The van der Waals surface area contributed by atoms with E-state index in [9.17, 15) is 4.79 Å². The van der Waals surface area contributed by atoms with Crippen molar-refractivity contribution in [2.75, 3.05) is 5.32 Å². The van der Waals surface area contributed by atoms with E-state index in [4.69, 9.17) is 4.42 Å². The number of benzene rings is 1. The molecule has 0 unspecified atom stereocenters. The Morgan fingerprint density at radius 3 is 2.61 bits per heavy atom. The molecule has 0 aliphatic carbocycles. The van der Waals surface area contributed by atoms with E-state index < -0.39 is 0 Å². The number of carbonyl (C=O) groups is 1. The van der Waals surface area contributed by atoms with Gasteiger partial charge in [-0.3, -0.25) is 0 Å². The van der Waals surface area contributed by atoms with E-state index in [1.54, 1.807) is 11.3 Å². The van der Waals surface area contributed by atoms with Crippen molar-refractivity contribution in [1.82, 2.24) is 5.32 Å². The van der Waals surface area contributed by atoms with Gasteiger partial charge in [-0.2, -0.15) is 0 Å². The van der Waals surface area contributed by atoms with Crippen molar-refractivity contribution in [3.63, 3.8) is 0 Å². The van der Waals surface area contributed by atoms with Gasteiger partial charge in [0.25, 0.3) is 0 Å². The zero-order chi connectivity index (χ0) is 16.2. The summed E-state index contributed by atoms with van der Waals surface area (Å²) in [5.41, 5.74) is 3.03. The van der Waals surface area contributed by atoms with Crippen LogP contribution in [-0.4, -0.2) is 6.03 Å². The second kappa shape index (κ2) is 6.71. The number of carbonyl (C=O) groups excluding carboxylic acids is 1. The van der Waals surface area contributed by atoms with Crippen molar-refractivity contribution >= 4 is 23.1 Å². The third kappa shape index (κ3) is 4.02. The molecule has 0 radical (unpaired) electrons. The number of anilines is 1. The molecule has 23 heavy (non-hydrogen) atoms. The van der Waals surface area contributed by atoms with Crippen molar-refractivity contribution in [3.05, 3.63) is 64.7 Å². The zero-order valence-corrected chi connectivity index (χ0v) is 13.9. The summed E-state index contributed by atoms with van der Waals surface area (Å²) in [5, 5.41) is 7.65. The van der Waals surface area contributed by atoms with E-state index >= 15 is 0 Å². The fourth-order valence-corrected chi connectivity index (χ4v) is 3.10. The molecule has 0 aliphatic heterocycles. The molecular weight excluding hydrogens is 308 g/mol. The molecule has 2 heterocycles. The van der Waals surface area contributed by atoms with E-state index in [1.807, 2.05) is 55.6 Å². The molecule has 2 aromatic heterocycles. The van der Waals surface area contributed by atoms with Gasteiger partial charge in [-0.05, 0) is 60.7 Å². The third-order valence-electron chi connectivity index (χ3n) is 3.33. The third-order valence-corrected chi connectivity index (χ3v) is 4.21. The first-order valence-corrected chi connectivity index (χ1v) is 8.24. The van der Waals surface area contributed by atoms with Gasteiger partial charge >= 0.3 is 6.03 Å². The first-order valence-electron chi connectivity index (χ1n) is 7.36. The topological polar surface area (TPSA) is 54.3 Å². The van der Waals surface area contributed by atoms with Crippen LogP contribution in [-0.2, 0) is 6.54 Å². The van der Waals surface area contributed by atoms with E-state index in [0.29, 0.717) is 6.54 Å². The first kappa shape index (κ1) is 15.4. The minimum Gasteiger partial charge on any atom is -0.458 e. The lowest BCUT2D eigenvalue weighted by atomic mass is 10.1. The average molecular weight is 326 g/mol. The van der Waals surface area contributed by atoms with E-state index in [1.165, 1.54) is 0 Å². The van der Waals surface area contributed by atoms with Crippen molar-refractivity contribution in [1.29, 1.82) is 0 Å². The van der Waals surface area contributed by atoms with Crippen molar-refractivity contribution in [2.45, 2.75) is 20.4 Å². The number of rotatable bonds is 4. The molecule has 2 N–H and O–H groups in total. The molecule has 2 amide bonds. The number of furan rings is 1. The summed E-state index contributed by atoms with van der Waals surface area (Å²) in [6.07, 6.45) is 0. The van der Waals surface area contributed by atoms with Gasteiger partial charge in [0.2, 0.25) is 0 Å². The van der Waals surface area contributed by atoms with Crippen LogP contribution in [0.2, 0.25) is 0 Å². The lowest BCUT2D eigenvalue weighted by Crippen LogP contribution is -2.28. The summed E-state index contributed by atoms with van der Waals surface area (Å²) < 4.78 is 5.73. The van der Waals surface area contributed by atoms with Crippen LogP contribution in [0.4, 0.5) is 10.5 Å². The Kier molecular flexibility index (Phi) is 4.48. The lowest BCUT2D eigenvalue weighted by Gasteiger charge is -2.08. The Morgan fingerprint density at radius 1 is 1.13 bits per heavy atom. The molecule has 0 saturated carbocycles. The maximum Gasteiger partial charge on any atom is 0.319 e. The number of thiophene rings is 1. The summed E-state index contributed by atoms with van der Waals surface area (Å²) in [6.45, 7) is 4.36. The minimum absolute atomic E-state index is 0.246. The molecule has 0 aliphatic rings. The molecule has 0 saturated heterocycles. The largest absolute Gasteiger partial charge is 0.458 e. The van der Waals surface area contributed by atoms with E-state index in [-0.39, 0.29) is 6.03 Å². The Morgan fingerprint density at radius 2 is 1.91 bits per heavy atom. The smallest absolute Gasteiger partial charge is 0.319 e. The highest BCUT2D eigenvalue weighted by Crippen LogP contribution is 2.26. The van der Waals surface area contributed by atoms with Gasteiger partial charge in [0.05, 0.1) is 11.4 Å². The second-order valence-electron chi connectivity index (χ2n) is 5.43. The minimum atomic E-state index is -0.246. The van der Waals surface area contributed by atoms with Crippen LogP contribution in [0.5, 0.6) is 0 Å². The predicted molar refractivity (Wildman–Crippen MR) is 93.8 cm³/mol. The molecule has 5 heteroatoms. The molecule has 0 spiro atoms.